The zero-order valence-electron chi connectivity index (χ0n) is 13.3. The van der Waals surface area contributed by atoms with Crippen LogP contribution in [0, 0.1) is 0 Å². The molecule has 114 valence electrons. The molecule has 3 heteroatoms. The second-order valence-corrected chi connectivity index (χ2v) is 5.25. The van der Waals surface area contributed by atoms with Gasteiger partial charge in [0.15, 0.2) is 0 Å². The highest BCUT2D eigenvalue weighted by atomic mass is 16.2. The average Bonchev–Trinajstić information content (AvgIpc) is 2.44. The van der Waals surface area contributed by atoms with Crippen LogP contribution in [0.1, 0.15) is 72.1 Å². The maximum atomic E-state index is 11.8. The lowest BCUT2D eigenvalue weighted by Crippen LogP contribution is -2.32. The van der Waals surface area contributed by atoms with Crippen LogP contribution in [0.15, 0.2) is 0 Å². The van der Waals surface area contributed by atoms with Gasteiger partial charge in [-0.25, -0.2) is 0 Å². The number of rotatable bonds is 13. The Bertz CT molecular complexity index is 207. The van der Waals surface area contributed by atoms with Gasteiger partial charge in [0.05, 0.1) is 0 Å². The largest absolute Gasteiger partial charge is 0.343 e. The summed E-state index contributed by atoms with van der Waals surface area (Å²) in [6.45, 7) is 10.5. The van der Waals surface area contributed by atoms with Crippen molar-refractivity contribution in [3.63, 3.8) is 0 Å². The van der Waals surface area contributed by atoms with Crippen LogP contribution in [-0.2, 0) is 4.79 Å². The summed E-state index contributed by atoms with van der Waals surface area (Å²) in [6.07, 6.45) is 9.06. The van der Waals surface area contributed by atoms with E-state index in [0.717, 1.165) is 45.4 Å². The predicted octanol–water partition coefficient (Wildman–Crippen LogP) is 3.59. The van der Waals surface area contributed by atoms with E-state index in [1.54, 1.807) is 0 Å². The first-order valence-corrected chi connectivity index (χ1v) is 8.24. The highest BCUT2D eigenvalue weighted by molar-refractivity contribution is 5.75. The second kappa shape index (κ2) is 13.9. The third kappa shape index (κ3) is 11.0. The van der Waals surface area contributed by atoms with Crippen molar-refractivity contribution in [2.24, 2.45) is 0 Å². The minimum Gasteiger partial charge on any atom is -0.343 e. The Morgan fingerprint density at radius 2 is 1.47 bits per heavy atom. The summed E-state index contributed by atoms with van der Waals surface area (Å²) < 4.78 is 0. The van der Waals surface area contributed by atoms with Crippen molar-refractivity contribution < 1.29 is 4.79 Å². The molecule has 0 unspecified atom stereocenters. The summed E-state index contributed by atoms with van der Waals surface area (Å²) in [7, 11) is 0. The lowest BCUT2D eigenvalue weighted by molar-refractivity contribution is -0.131. The molecule has 0 aromatic heterocycles. The molecule has 0 rings (SSSR count). The van der Waals surface area contributed by atoms with E-state index < -0.39 is 0 Å². The molecule has 0 aliphatic heterocycles. The molecule has 0 saturated carbocycles. The molecule has 0 atom stereocenters. The fourth-order valence-corrected chi connectivity index (χ4v) is 2.09. The minimum absolute atomic E-state index is 0.314. The third-order valence-corrected chi connectivity index (χ3v) is 3.43. The molecule has 1 N–H and O–H groups in total. The van der Waals surface area contributed by atoms with Crippen LogP contribution in [0.3, 0.4) is 0 Å². The summed E-state index contributed by atoms with van der Waals surface area (Å²) in [5.41, 5.74) is 0. The van der Waals surface area contributed by atoms with Gasteiger partial charge in [-0.1, -0.05) is 40.0 Å². The molecule has 0 spiro atoms. The Kier molecular flexibility index (Phi) is 13.4. The monoisotopic (exact) mass is 270 g/mol. The van der Waals surface area contributed by atoms with Crippen molar-refractivity contribution in [2.75, 3.05) is 26.2 Å². The van der Waals surface area contributed by atoms with Gasteiger partial charge in [0.25, 0.3) is 0 Å². The first-order valence-electron chi connectivity index (χ1n) is 8.24. The van der Waals surface area contributed by atoms with Gasteiger partial charge < -0.3 is 10.2 Å². The first-order chi connectivity index (χ1) is 9.26. The molecule has 0 aliphatic rings. The van der Waals surface area contributed by atoms with E-state index in [0.29, 0.717) is 12.3 Å². The minimum atomic E-state index is 0.314. The van der Waals surface area contributed by atoms with E-state index in [1.807, 2.05) is 11.8 Å². The Hall–Kier alpha value is -0.570. The molecule has 0 heterocycles. The SMILES string of the molecule is CCCCNCCCCCN(CCCC)C(=O)CC. The van der Waals surface area contributed by atoms with E-state index in [-0.39, 0.29) is 0 Å². The van der Waals surface area contributed by atoms with Crippen LogP contribution in [0.4, 0.5) is 0 Å². The number of carbonyl (C=O) groups excluding carboxylic acids is 1. The third-order valence-electron chi connectivity index (χ3n) is 3.43. The number of hydrogen-bond acceptors (Lipinski definition) is 2. The fraction of sp³-hybridized carbons (Fsp3) is 0.938. The highest BCUT2D eigenvalue weighted by Gasteiger charge is 2.09. The van der Waals surface area contributed by atoms with Gasteiger partial charge in [-0.15, -0.1) is 0 Å². The van der Waals surface area contributed by atoms with Gasteiger partial charge in [0.1, 0.15) is 0 Å². The molecule has 19 heavy (non-hydrogen) atoms. The lowest BCUT2D eigenvalue weighted by Gasteiger charge is -2.22. The van der Waals surface area contributed by atoms with Gasteiger partial charge in [0, 0.05) is 19.5 Å². The maximum absolute atomic E-state index is 11.8. The molecule has 0 bridgehead atoms. The molecular formula is C16H34N2O. The Morgan fingerprint density at radius 3 is 2.11 bits per heavy atom. The van der Waals surface area contributed by atoms with Gasteiger partial charge in [0.2, 0.25) is 5.91 Å². The zero-order chi connectivity index (χ0) is 14.3. The highest BCUT2D eigenvalue weighted by Crippen LogP contribution is 2.03. The van der Waals surface area contributed by atoms with Crippen molar-refractivity contribution in [3.05, 3.63) is 0 Å². The van der Waals surface area contributed by atoms with Gasteiger partial charge in [-0.2, -0.15) is 0 Å². The molecule has 0 aromatic rings. The maximum Gasteiger partial charge on any atom is 0.222 e. The predicted molar refractivity (Wildman–Crippen MR) is 83.4 cm³/mol. The van der Waals surface area contributed by atoms with Gasteiger partial charge >= 0.3 is 0 Å². The van der Waals surface area contributed by atoms with Crippen LogP contribution in [0.5, 0.6) is 0 Å². The molecule has 3 nitrogen and oxygen atoms in total. The van der Waals surface area contributed by atoms with Gasteiger partial charge in [-0.3, -0.25) is 4.79 Å². The quantitative estimate of drug-likeness (QED) is 0.519. The Morgan fingerprint density at radius 1 is 0.842 bits per heavy atom. The summed E-state index contributed by atoms with van der Waals surface area (Å²) in [6, 6.07) is 0. The average molecular weight is 270 g/mol. The number of nitrogens with one attached hydrogen (secondary N) is 1. The van der Waals surface area contributed by atoms with Crippen molar-refractivity contribution >= 4 is 5.91 Å². The molecule has 0 radical (unpaired) electrons. The number of carbonyl (C=O) groups is 1. The van der Waals surface area contributed by atoms with Crippen LogP contribution in [0.25, 0.3) is 0 Å². The van der Waals surface area contributed by atoms with Crippen LogP contribution < -0.4 is 5.32 Å². The fourth-order valence-electron chi connectivity index (χ4n) is 2.09. The summed E-state index contributed by atoms with van der Waals surface area (Å²) in [4.78, 5) is 13.8. The number of hydrogen-bond donors (Lipinski definition) is 1. The second-order valence-electron chi connectivity index (χ2n) is 5.25. The van der Waals surface area contributed by atoms with Crippen molar-refractivity contribution in [1.82, 2.24) is 10.2 Å². The van der Waals surface area contributed by atoms with Crippen LogP contribution in [-0.4, -0.2) is 37.0 Å². The normalized spacial score (nSPS) is 10.7. The lowest BCUT2D eigenvalue weighted by atomic mass is 10.2. The van der Waals surface area contributed by atoms with E-state index >= 15 is 0 Å². The van der Waals surface area contributed by atoms with Crippen LogP contribution in [0.2, 0.25) is 0 Å². The first kappa shape index (κ1) is 18.4. The smallest absolute Gasteiger partial charge is 0.222 e. The summed E-state index contributed by atoms with van der Waals surface area (Å²) >= 11 is 0. The molecular weight excluding hydrogens is 236 g/mol. The number of nitrogens with zero attached hydrogens (tertiary/aromatic N) is 1. The molecule has 0 aliphatic carbocycles. The van der Waals surface area contributed by atoms with Crippen molar-refractivity contribution in [1.29, 1.82) is 0 Å². The molecule has 0 aromatic carbocycles. The van der Waals surface area contributed by atoms with Crippen molar-refractivity contribution in [2.45, 2.75) is 72.1 Å². The van der Waals surface area contributed by atoms with E-state index in [9.17, 15) is 4.79 Å². The summed E-state index contributed by atoms with van der Waals surface area (Å²) in [5.74, 6) is 0.314. The van der Waals surface area contributed by atoms with E-state index in [2.05, 4.69) is 19.2 Å². The van der Waals surface area contributed by atoms with Crippen LogP contribution >= 0.6 is 0 Å². The topological polar surface area (TPSA) is 32.3 Å². The molecule has 0 fully saturated rings. The zero-order valence-corrected chi connectivity index (χ0v) is 13.3. The molecule has 1 amide bonds. The Balaban J connectivity index is 3.55. The number of amides is 1. The Labute approximate surface area is 120 Å². The van der Waals surface area contributed by atoms with Gasteiger partial charge in [-0.05, 0) is 38.8 Å². The molecule has 0 saturated heterocycles. The van der Waals surface area contributed by atoms with E-state index in [1.165, 1.54) is 25.7 Å². The number of unbranched alkanes of at least 4 members (excludes halogenated alkanes) is 4. The van der Waals surface area contributed by atoms with E-state index in [4.69, 9.17) is 0 Å². The van der Waals surface area contributed by atoms with Crippen molar-refractivity contribution in [3.8, 4) is 0 Å². The summed E-state index contributed by atoms with van der Waals surface area (Å²) in [5, 5.41) is 3.46. The standard InChI is InChI=1S/C16H34N2O/c1-4-7-12-17-13-10-9-11-15-18(14-8-5-2)16(19)6-3/h17H,4-15H2,1-3H3.